The highest BCUT2D eigenvalue weighted by Crippen LogP contribution is 2.27. The summed E-state index contributed by atoms with van der Waals surface area (Å²) in [4.78, 5) is 1.54. The van der Waals surface area contributed by atoms with Crippen molar-refractivity contribution in [2.75, 3.05) is 4.72 Å². The van der Waals surface area contributed by atoms with Gasteiger partial charge in [0.2, 0.25) is 0 Å². The van der Waals surface area contributed by atoms with Gasteiger partial charge in [-0.2, -0.15) is 0 Å². The third kappa shape index (κ3) is 3.20. The SMILES string of the molecule is Cc1cc(C)cc(NS(=O)(=O)c2cc(CO)sc2C)c1. The van der Waals surface area contributed by atoms with Gasteiger partial charge in [-0.25, -0.2) is 8.42 Å². The highest BCUT2D eigenvalue weighted by atomic mass is 32.2. The van der Waals surface area contributed by atoms with Crippen molar-refractivity contribution in [1.82, 2.24) is 0 Å². The van der Waals surface area contributed by atoms with Gasteiger partial charge in [0.25, 0.3) is 10.0 Å². The molecule has 20 heavy (non-hydrogen) atoms. The Morgan fingerprint density at radius 1 is 1.10 bits per heavy atom. The molecule has 0 aliphatic rings. The molecule has 4 nitrogen and oxygen atoms in total. The first kappa shape index (κ1) is 15.0. The van der Waals surface area contributed by atoms with Gasteiger partial charge in [0.15, 0.2) is 0 Å². The minimum atomic E-state index is -3.62. The van der Waals surface area contributed by atoms with E-state index in [0.29, 0.717) is 15.4 Å². The maximum absolute atomic E-state index is 12.4. The van der Waals surface area contributed by atoms with Gasteiger partial charge in [-0.15, -0.1) is 11.3 Å². The fraction of sp³-hybridized carbons (Fsp3) is 0.286. The van der Waals surface area contributed by atoms with Gasteiger partial charge in [-0.05, 0) is 50.1 Å². The summed E-state index contributed by atoms with van der Waals surface area (Å²) in [5, 5.41) is 9.10. The zero-order valence-corrected chi connectivity index (χ0v) is 13.2. The number of aliphatic hydroxyl groups is 1. The first-order valence-corrected chi connectivity index (χ1v) is 8.43. The van der Waals surface area contributed by atoms with E-state index < -0.39 is 10.0 Å². The molecule has 0 bridgehead atoms. The molecule has 0 amide bonds. The maximum atomic E-state index is 12.4. The van der Waals surface area contributed by atoms with E-state index in [1.54, 1.807) is 19.1 Å². The Bertz CT molecular complexity index is 713. The van der Waals surface area contributed by atoms with E-state index in [-0.39, 0.29) is 11.5 Å². The molecule has 0 saturated carbocycles. The second-order valence-electron chi connectivity index (χ2n) is 4.77. The molecule has 108 valence electrons. The summed E-state index contributed by atoms with van der Waals surface area (Å²) in [7, 11) is -3.62. The van der Waals surface area contributed by atoms with Gasteiger partial charge in [0.1, 0.15) is 4.90 Å². The van der Waals surface area contributed by atoms with E-state index in [1.165, 1.54) is 17.4 Å². The van der Waals surface area contributed by atoms with Crippen LogP contribution in [0.25, 0.3) is 0 Å². The molecule has 1 aromatic carbocycles. The van der Waals surface area contributed by atoms with Crippen molar-refractivity contribution >= 4 is 27.0 Å². The average Bonchev–Trinajstić information content (AvgIpc) is 2.69. The highest BCUT2D eigenvalue weighted by Gasteiger charge is 2.20. The number of nitrogens with one attached hydrogen (secondary N) is 1. The third-order valence-electron chi connectivity index (χ3n) is 2.84. The molecule has 2 rings (SSSR count). The van der Waals surface area contributed by atoms with E-state index in [1.807, 2.05) is 19.9 Å². The molecule has 2 N–H and O–H groups in total. The molecule has 0 spiro atoms. The van der Waals surface area contributed by atoms with Crippen LogP contribution < -0.4 is 4.72 Å². The van der Waals surface area contributed by atoms with Crippen LogP contribution >= 0.6 is 11.3 Å². The Balaban J connectivity index is 2.37. The lowest BCUT2D eigenvalue weighted by Gasteiger charge is -2.09. The van der Waals surface area contributed by atoms with Crippen molar-refractivity contribution in [1.29, 1.82) is 0 Å². The van der Waals surface area contributed by atoms with Crippen LogP contribution in [0.1, 0.15) is 20.9 Å². The standard InChI is InChI=1S/C14H17NO3S2/c1-9-4-10(2)6-12(5-9)15-20(17,18)14-7-13(8-16)19-11(14)3/h4-7,15-16H,8H2,1-3H3. The lowest BCUT2D eigenvalue weighted by Crippen LogP contribution is -2.13. The van der Waals surface area contributed by atoms with E-state index in [0.717, 1.165) is 11.1 Å². The fourth-order valence-corrected chi connectivity index (χ4v) is 4.65. The van der Waals surface area contributed by atoms with Crippen molar-refractivity contribution in [3.8, 4) is 0 Å². The predicted octanol–water partition coefficient (Wildman–Crippen LogP) is 2.97. The topological polar surface area (TPSA) is 66.4 Å². The monoisotopic (exact) mass is 311 g/mol. The normalized spacial score (nSPS) is 11.6. The van der Waals surface area contributed by atoms with Crippen LogP contribution in [0.5, 0.6) is 0 Å². The van der Waals surface area contributed by atoms with Crippen LogP contribution in [-0.4, -0.2) is 13.5 Å². The summed E-state index contributed by atoms with van der Waals surface area (Å²) in [6, 6.07) is 7.08. The molecule has 1 aromatic heterocycles. The van der Waals surface area contributed by atoms with Crippen molar-refractivity contribution in [2.24, 2.45) is 0 Å². The quantitative estimate of drug-likeness (QED) is 0.912. The van der Waals surface area contributed by atoms with Crippen LogP contribution in [0.4, 0.5) is 5.69 Å². The van der Waals surface area contributed by atoms with E-state index in [4.69, 9.17) is 5.11 Å². The third-order valence-corrected chi connectivity index (χ3v) is 5.51. The van der Waals surface area contributed by atoms with E-state index in [2.05, 4.69) is 4.72 Å². The highest BCUT2D eigenvalue weighted by molar-refractivity contribution is 7.93. The van der Waals surface area contributed by atoms with Gasteiger partial charge >= 0.3 is 0 Å². The molecule has 0 saturated heterocycles. The maximum Gasteiger partial charge on any atom is 0.263 e. The van der Waals surface area contributed by atoms with Crippen LogP contribution in [0.3, 0.4) is 0 Å². The number of aliphatic hydroxyl groups excluding tert-OH is 1. The summed E-state index contributed by atoms with van der Waals surface area (Å²) in [5.41, 5.74) is 2.56. The molecule has 0 aliphatic heterocycles. The molecular weight excluding hydrogens is 294 g/mol. The van der Waals surface area contributed by atoms with E-state index in [9.17, 15) is 8.42 Å². The number of aryl methyl sites for hydroxylation is 3. The Labute approximate surface area is 123 Å². The number of rotatable bonds is 4. The van der Waals surface area contributed by atoms with Crippen LogP contribution in [0.15, 0.2) is 29.2 Å². The van der Waals surface area contributed by atoms with Crippen LogP contribution in [-0.2, 0) is 16.6 Å². The summed E-state index contributed by atoms with van der Waals surface area (Å²) in [5.74, 6) is 0. The first-order valence-electron chi connectivity index (χ1n) is 6.13. The molecule has 6 heteroatoms. The largest absolute Gasteiger partial charge is 0.391 e. The van der Waals surface area contributed by atoms with Gasteiger partial charge in [0.05, 0.1) is 6.61 Å². The number of sulfonamides is 1. The first-order chi connectivity index (χ1) is 9.31. The Morgan fingerprint density at radius 2 is 1.70 bits per heavy atom. The predicted molar refractivity (Wildman–Crippen MR) is 81.7 cm³/mol. The molecule has 0 unspecified atom stereocenters. The molecule has 1 heterocycles. The summed E-state index contributed by atoms with van der Waals surface area (Å²) in [6.07, 6.45) is 0. The molecular formula is C14H17NO3S2. The second-order valence-corrected chi connectivity index (χ2v) is 7.76. The Morgan fingerprint density at radius 3 is 2.20 bits per heavy atom. The summed E-state index contributed by atoms with van der Waals surface area (Å²) >= 11 is 1.29. The lowest BCUT2D eigenvalue weighted by atomic mass is 10.1. The Kier molecular flexibility index (Phi) is 4.17. The lowest BCUT2D eigenvalue weighted by molar-refractivity contribution is 0.285. The van der Waals surface area contributed by atoms with Crippen LogP contribution in [0.2, 0.25) is 0 Å². The number of hydrogen-bond acceptors (Lipinski definition) is 4. The van der Waals surface area contributed by atoms with Gasteiger partial charge < -0.3 is 5.11 Å². The smallest absolute Gasteiger partial charge is 0.263 e. The zero-order chi connectivity index (χ0) is 14.9. The zero-order valence-electron chi connectivity index (χ0n) is 11.6. The minimum Gasteiger partial charge on any atom is -0.391 e. The molecule has 2 aromatic rings. The van der Waals surface area contributed by atoms with Crippen LogP contribution in [0, 0.1) is 20.8 Å². The molecule has 0 radical (unpaired) electrons. The minimum absolute atomic E-state index is 0.148. The number of hydrogen-bond donors (Lipinski definition) is 2. The van der Waals surface area contributed by atoms with Gasteiger partial charge in [-0.3, -0.25) is 4.72 Å². The molecule has 0 fully saturated rings. The van der Waals surface area contributed by atoms with Gasteiger partial charge in [0, 0.05) is 15.4 Å². The number of benzene rings is 1. The second kappa shape index (κ2) is 5.55. The number of thiophene rings is 1. The number of anilines is 1. The molecule has 0 aliphatic carbocycles. The van der Waals surface area contributed by atoms with Gasteiger partial charge in [-0.1, -0.05) is 6.07 Å². The fourth-order valence-electron chi connectivity index (χ4n) is 2.11. The van der Waals surface area contributed by atoms with Crippen molar-refractivity contribution in [3.63, 3.8) is 0 Å². The van der Waals surface area contributed by atoms with Crippen molar-refractivity contribution in [2.45, 2.75) is 32.3 Å². The van der Waals surface area contributed by atoms with Crippen molar-refractivity contribution in [3.05, 3.63) is 45.1 Å². The summed E-state index contributed by atoms with van der Waals surface area (Å²) < 4.78 is 27.4. The summed E-state index contributed by atoms with van der Waals surface area (Å²) in [6.45, 7) is 5.43. The average molecular weight is 311 g/mol. The van der Waals surface area contributed by atoms with E-state index >= 15 is 0 Å². The Hall–Kier alpha value is -1.37. The molecule has 0 atom stereocenters. The van der Waals surface area contributed by atoms with Crippen molar-refractivity contribution < 1.29 is 13.5 Å².